The lowest BCUT2D eigenvalue weighted by molar-refractivity contribution is -0.116. The molecule has 18 heavy (non-hydrogen) atoms. The van der Waals surface area contributed by atoms with E-state index in [9.17, 15) is 13.2 Å². The third-order valence-electron chi connectivity index (χ3n) is 3.08. The Labute approximate surface area is 108 Å². The van der Waals surface area contributed by atoms with E-state index < -0.39 is 15.0 Å². The molecule has 2 atom stereocenters. The molecule has 0 aromatic rings. The summed E-state index contributed by atoms with van der Waals surface area (Å²) in [5, 5.41) is 2.62. The smallest absolute Gasteiger partial charge is 0.283 e. The molecule has 0 bridgehead atoms. The van der Waals surface area contributed by atoms with E-state index in [4.69, 9.17) is 10.3 Å². The molecular formula is C11H22N2O4S. The molecule has 0 saturated carbocycles. The van der Waals surface area contributed by atoms with Crippen molar-refractivity contribution in [1.29, 1.82) is 0 Å². The molecule has 0 heterocycles. The fourth-order valence-corrected chi connectivity index (χ4v) is 2.03. The Morgan fingerprint density at radius 2 is 2.11 bits per heavy atom. The highest BCUT2D eigenvalue weighted by atomic mass is 32.2. The highest BCUT2D eigenvalue weighted by Gasteiger charge is 2.38. The molecule has 1 amide bonds. The first kappa shape index (κ1) is 17.1. The quantitative estimate of drug-likeness (QED) is 0.343. The Morgan fingerprint density at radius 1 is 1.56 bits per heavy atom. The van der Waals surface area contributed by atoms with E-state index in [1.807, 2.05) is 0 Å². The van der Waals surface area contributed by atoms with Crippen LogP contribution in [0.2, 0.25) is 0 Å². The SMILES string of the molecule is C=CC(=O)NCCCCC(C)C(C)(N)S(=O)(=O)O. The number of carbonyl (C=O) groups excluding carboxylic acids is 1. The van der Waals surface area contributed by atoms with Crippen molar-refractivity contribution in [2.75, 3.05) is 6.54 Å². The van der Waals surface area contributed by atoms with Crippen LogP contribution in [0.25, 0.3) is 0 Å². The number of nitrogens with two attached hydrogens (primary N) is 1. The summed E-state index contributed by atoms with van der Waals surface area (Å²) in [6, 6.07) is 0. The summed E-state index contributed by atoms with van der Waals surface area (Å²) < 4.78 is 31.2. The second kappa shape index (κ2) is 6.86. The predicted molar refractivity (Wildman–Crippen MR) is 70.4 cm³/mol. The van der Waals surface area contributed by atoms with Crippen molar-refractivity contribution < 1.29 is 17.8 Å². The fraction of sp³-hybridized carbons (Fsp3) is 0.727. The largest absolute Gasteiger partial charge is 0.353 e. The van der Waals surface area contributed by atoms with Gasteiger partial charge in [-0.25, -0.2) is 0 Å². The van der Waals surface area contributed by atoms with Crippen LogP contribution >= 0.6 is 0 Å². The van der Waals surface area contributed by atoms with Gasteiger partial charge in [0.2, 0.25) is 5.91 Å². The van der Waals surface area contributed by atoms with Crippen LogP contribution in [0.1, 0.15) is 33.1 Å². The summed E-state index contributed by atoms with van der Waals surface area (Å²) in [5.41, 5.74) is 5.60. The molecule has 0 rings (SSSR count). The van der Waals surface area contributed by atoms with Gasteiger partial charge in [0.15, 0.2) is 0 Å². The van der Waals surface area contributed by atoms with Crippen molar-refractivity contribution in [1.82, 2.24) is 5.32 Å². The first-order chi connectivity index (χ1) is 8.13. The number of rotatable bonds is 8. The van der Waals surface area contributed by atoms with Gasteiger partial charge in [-0.1, -0.05) is 19.9 Å². The van der Waals surface area contributed by atoms with Crippen molar-refractivity contribution >= 4 is 16.0 Å². The molecule has 0 aliphatic carbocycles. The Hall–Kier alpha value is -0.920. The molecule has 7 heteroatoms. The van der Waals surface area contributed by atoms with Gasteiger partial charge in [0, 0.05) is 6.54 Å². The van der Waals surface area contributed by atoms with Gasteiger partial charge in [0.05, 0.1) is 0 Å². The molecule has 6 nitrogen and oxygen atoms in total. The van der Waals surface area contributed by atoms with Crippen molar-refractivity contribution in [2.24, 2.45) is 11.7 Å². The second-order valence-electron chi connectivity index (χ2n) is 4.55. The Balaban J connectivity index is 4.02. The lowest BCUT2D eigenvalue weighted by Crippen LogP contribution is -2.50. The van der Waals surface area contributed by atoms with Crippen LogP contribution in [0.5, 0.6) is 0 Å². The van der Waals surface area contributed by atoms with E-state index in [-0.39, 0.29) is 11.8 Å². The minimum absolute atomic E-state index is 0.232. The number of nitrogens with one attached hydrogen (secondary N) is 1. The van der Waals surface area contributed by atoms with Crippen molar-refractivity contribution in [3.8, 4) is 0 Å². The van der Waals surface area contributed by atoms with Gasteiger partial charge >= 0.3 is 0 Å². The van der Waals surface area contributed by atoms with Crippen molar-refractivity contribution in [2.45, 2.75) is 38.0 Å². The number of amides is 1. The Bertz CT molecular complexity index is 390. The van der Waals surface area contributed by atoms with Gasteiger partial charge in [-0.2, -0.15) is 8.42 Å². The molecule has 0 saturated heterocycles. The first-order valence-corrected chi connectivity index (χ1v) is 7.23. The summed E-state index contributed by atoms with van der Waals surface area (Å²) in [4.78, 5) is 9.20. The molecular weight excluding hydrogens is 256 g/mol. The van der Waals surface area contributed by atoms with Crippen LogP contribution in [-0.4, -0.2) is 30.3 Å². The first-order valence-electron chi connectivity index (χ1n) is 5.79. The molecule has 0 aliphatic rings. The van der Waals surface area contributed by atoms with Crippen molar-refractivity contribution in [3.63, 3.8) is 0 Å². The van der Waals surface area contributed by atoms with Gasteiger partial charge in [0.25, 0.3) is 10.1 Å². The van der Waals surface area contributed by atoms with Gasteiger partial charge in [-0.15, -0.1) is 0 Å². The molecule has 0 spiro atoms. The minimum Gasteiger partial charge on any atom is -0.353 e. The van der Waals surface area contributed by atoms with E-state index in [2.05, 4.69) is 11.9 Å². The average Bonchev–Trinajstić information content (AvgIpc) is 2.26. The monoisotopic (exact) mass is 278 g/mol. The third kappa shape index (κ3) is 5.16. The summed E-state index contributed by atoms with van der Waals surface area (Å²) in [6.07, 6.45) is 3.17. The predicted octanol–water partition coefficient (Wildman–Crippen LogP) is 0.658. The van der Waals surface area contributed by atoms with Gasteiger partial charge in [-0.05, 0) is 31.8 Å². The molecule has 0 radical (unpaired) electrons. The third-order valence-corrected chi connectivity index (χ3v) is 4.60. The number of carbonyl (C=O) groups is 1. The highest BCUT2D eigenvalue weighted by molar-refractivity contribution is 7.87. The van der Waals surface area contributed by atoms with Crippen LogP contribution in [0.4, 0.5) is 0 Å². The van der Waals surface area contributed by atoms with Gasteiger partial charge in [-0.3, -0.25) is 9.35 Å². The summed E-state index contributed by atoms with van der Waals surface area (Å²) in [7, 11) is -4.27. The molecule has 0 aromatic carbocycles. The Morgan fingerprint density at radius 3 is 2.56 bits per heavy atom. The highest BCUT2D eigenvalue weighted by Crippen LogP contribution is 2.24. The maximum atomic E-state index is 11.1. The Kier molecular flexibility index (Phi) is 6.51. The van der Waals surface area contributed by atoms with Crippen LogP contribution in [0.15, 0.2) is 12.7 Å². The number of hydrogen-bond acceptors (Lipinski definition) is 4. The molecule has 4 N–H and O–H groups in total. The zero-order valence-electron chi connectivity index (χ0n) is 10.8. The standard InChI is InChI=1S/C11H22N2O4S/c1-4-10(14)13-8-6-5-7-9(2)11(3,12)18(15,16)17/h4,9H,1,5-8,12H2,2-3H3,(H,13,14)(H,15,16,17). The van der Waals surface area contributed by atoms with Crippen molar-refractivity contribution in [3.05, 3.63) is 12.7 Å². The van der Waals surface area contributed by atoms with Crippen LogP contribution < -0.4 is 11.1 Å². The lowest BCUT2D eigenvalue weighted by Gasteiger charge is -2.28. The summed E-state index contributed by atoms with van der Waals surface area (Å²) in [6.45, 7) is 6.80. The zero-order chi connectivity index (χ0) is 14.4. The van der Waals surface area contributed by atoms with E-state index >= 15 is 0 Å². The van der Waals surface area contributed by atoms with Crippen LogP contribution in [-0.2, 0) is 14.9 Å². The molecule has 0 aromatic heterocycles. The lowest BCUT2D eigenvalue weighted by atomic mass is 9.97. The summed E-state index contributed by atoms with van der Waals surface area (Å²) >= 11 is 0. The van der Waals surface area contributed by atoms with Gasteiger partial charge in [0.1, 0.15) is 4.87 Å². The molecule has 2 unspecified atom stereocenters. The number of hydrogen-bond donors (Lipinski definition) is 3. The zero-order valence-corrected chi connectivity index (χ0v) is 11.7. The fourth-order valence-electron chi connectivity index (χ4n) is 1.40. The maximum absolute atomic E-state index is 11.1. The molecule has 0 fully saturated rings. The maximum Gasteiger partial charge on any atom is 0.283 e. The minimum atomic E-state index is -4.27. The second-order valence-corrected chi connectivity index (χ2v) is 6.38. The van der Waals surface area contributed by atoms with E-state index in [1.165, 1.54) is 13.0 Å². The van der Waals surface area contributed by atoms with E-state index in [0.29, 0.717) is 25.8 Å². The van der Waals surface area contributed by atoms with Crippen LogP contribution in [0, 0.1) is 5.92 Å². The average molecular weight is 278 g/mol. The van der Waals surface area contributed by atoms with E-state index in [0.717, 1.165) is 0 Å². The summed E-state index contributed by atoms with van der Waals surface area (Å²) in [5.74, 6) is -0.604. The molecule has 106 valence electrons. The van der Waals surface area contributed by atoms with E-state index in [1.54, 1.807) is 6.92 Å². The topological polar surface area (TPSA) is 109 Å². The molecule has 0 aliphatic heterocycles. The van der Waals surface area contributed by atoms with Gasteiger partial charge < -0.3 is 11.1 Å². The number of unbranched alkanes of at least 4 members (excludes halogenated alkanes) is 1. The normalized spacial score (nSPS) is 16.7. The van der Waals surface area contributed by atoms with Crippen LogP contribution in [0.3, 0.4) is 0 Å².